The van der Waals surface area contributed by atoms with Crippen LogP contribution in [-0.4, -0.2) is 16.7 Å². The van der Waals surface area contributed by atoms with E-state index in [2.05, 4.69) is 10.1 Å². The van der Waals surface area contributed by atoms with E-state index in [1.165, 1.54) is 0 Å². The van der Waals surface area contributed by atoms with E-state index < -0.39 is 0 Å². The first-order valence-corrected chi connectivity index (χ1v) is 5.99. The van der Waals surface area contributed by atoms with E-state index in [1.54, 1.807) is 0 Å². The number of ether oxygens (including phenoxy) is 2. The molecule has 0 aliphatic carbocycles. The smallest absolute Gasteiger partial charge is 0.264 e. The largest absolute Gasteiger partial charge is 0.490 e. The van der Waals surface area contributed by atoms with Crippen molar-refractivity contribution in [3.8, 4) is 11.5 Å². The number of hydrogen-bond acceptors (Lipinski definition) is 5. The summed E-state index contributed by atoms with van der Waals surface area (Å²) in [6.45, 7) is 4.75. The van der Waals surface area contributed by atoms with Crippen molar-refractivity contribution in [1.82, 2.24) is 10.1 Å². The van der Waals surface area contributed by atoms with Gasteiger partial charge in [0.2, 0.25) is 0 Å². The molecule has 18 heavy (non-hydrogen) atoms. The van der Waals surface area contributed by atoms with Gasteiger partial charge < -0.3 is 14.0 Å². The summed E-state index contributed by atoms with van der Waals surface area (Å²) in [5.41, 5.74) is 0. The Hall–Kier alpha value is -2.04. The summed E-state index contributed by atoms with van der Waals surface area (Å²) in [7, 11) is 0. The topological polar surface area (TPSA) is 57.4 Å². The maximum Gasteiger partial charge on any atom is 0.264 e. The summed E-state index contributed by atoms with van der Waals surface area (Å²) in [6, 6.07) is 7.51. The zero-order valence-electron chi connectivity index (χ0n) is 10.5. The Kier molecular flexibility index (Phi) is 4.17. The molecule has 0 unspecified atom stereocenters. The van der Waals surface area contributed by atoms with Gasteiger partial charge in [-0.15, -0.1) is 0 Å². The second-order valence-electron chi connectivity index (χ2n) is 3.63. The fourth-order valence-electron chi connectivity index (χ4n) is 1.48. The van der Waals surface area contributed by atoms with Crippen molar-refractivity contribution in [2.45, 2.75) is 26.9 Å². The van der Waals surface area contributed by atoms with Crippen LogP contribution in [-0.2, 0) is 13.0 Å². The van der Waals surface area contributed by atoms with Crippen LogP contribution in [0.15, 0.2) is 28.8 Å². The van der Waals surface area contributed by atoms with Crippen molar-refractivity contribution in [1.29, 1.82) is 0 Å². The first-order chi connectivity index (χ1) is 8.83. The van der Waals surface area contributed by atoms with Crippen LogP contribution in [0.25, 0.3) is 0 Å². The molecule has 0 spiro atoms. The minimum absolute atomic E-state index is 0.247. The van der Waals surface area contributed by atoms with Crippen molar-refractivity contribution < 1.29 is 14.0 Å². The van der Waals surface area contributed by atoms with E-state index in [-0.39, 0.29) is 6.61 Å². The lowest BCUT2D eigenvalue weighted by Gasteiger charge is -2.09. The molecular weight excluding hydrogens is 232 g/mol. The lowest BCUT2D eigenvalue weighted by atomic mass is 10.3. The first-order valence-electron chi connectivity index (χ1n) is 5.99. The SMILES string of the molecule is CCOc1ccccc1OCc1nc(CC)no1. The Morgan fingerprint density at radius 2 is 1.83 bits per heavy atom. The summed E-state index contributed by atoms with van der Waals surface area (Å²) in [6.07, 6.45) is 0.749. The average Bonchev–Trinajstić information content (AvgIpc) is 2.86. The van der Waals surface area contributed by atoms with Gasteiger partial charge in [-0.3, -0.25) is 0 Å². The van der Waals surface area contributed by atoms with Crippen LogP contribution in [0.4, 0.5) is 0 Å². The molecule has 0 radical (unpaired) electrons. The third kappa shape index (κ3) is 3.00. The van der Waals surface area contributed by atoms with Gasteiger partial charge in [-0.2, -0.15) is 4.98 Å². The molecule has 1 heterocycles. The highest BCUT2D eigenvalue weighted by molar-refractivity contribution is 5.39. The van der Waals surface area contributed by atoms with Crippen molar-refractivity contribution in [2.75, 3.05) is 6.61 Å². The van der Waals surface area contributed by atoms with Crippen LogP contribution in [0.5, 0.6) is 11.5 Å². The molecule has 0 aliphatic heterocycles. The van der Waals surface area contributed by atoms with Gasteiger partial charge in [0.05, 0.1) is 6.61 Å². The van der Waals surface area contributed by atoms with Crippen LogP contribution >= 0.6 is 0 Å². The molecule has 96 valence electrons. The molecule has 0 aliphatic rings. The zero-order chi connectivity index (χ0) is 12.8. The molecule has 2 aromatic rings. The standard InChI is InChI=1S/C13H16N2O3/c1-3-12-14-13(18-15-12)9-17-11-8-6-5-7-10(11)16-4-2/h5-8H,3-4,9H2,1-2H3. The number of aryl methyl sites for hydroxylation is 1. The van der Waals surface area contributed by atoms with Gasteiger partial charge in [0.15, 0.2) is 23.9 Å². The number of hydrogen-bond donors (Lipinski definition) is 0. The molecular formula is C13H16N2O3. The highest BCUT2D eigenvalue weighted by Gasteiger charge is 2.08. The van der Waals surface area contributed by atoms with E-state index in [0.29, 0.717) is 24.1 Å². The van der Waals surface area contributed by atoms with E-state index in [4.69, 9.17) is 14.0 Å². The molecule has 0 saturated carbocycles. The van der Waals surface area contributed by atoms with Gasteiger partial charge in [-0.1, -0.05) is 24.2 Å². The van der Waals surface area contributed by atoms with E-state index >= 15 is 0 Å². The Morgan fingerprint density at radius 3 is 2.44 bits per heavy atom. The van der Waals surface area contributed by atoms with Gasteiger partial charge in [-0.05, 0) is 19.1 Å². The van der Waals surface area contributed by atoms with Gasteiger partial charge >= 0.3 is 0 Å². The second-order valence-corrected chi connectivity index (χ2v) is 3.63. The fourth-order valence-corrected chi connectivity index (χ4v) is 1.48. The Balaban J connectivity index is 2.01. The molecule has 0 N–H and O–H groups in total. The van der Waals surface area contributed by atoms with Gasteiger partial charge in [-0.25, -0.2) is 0 Å². The summed E-state index contributed by atoms with van der Waals surface area (Å²) in [5, 5.41) is 3.81. The van der Waals surface area contributed by atoms with Crippen LogP contribution in [0.3, 0.4) is 0 Å². The van der Waals surface area contributed by atoms with Crippen LogP contribution in [0.2, 0.25) is 0 Å². The van der Waals surface area contributed by atoms with Crippen LogP contribution in [0.1, 0.15) is 25.6 Å². The van der Waals surface area contributed by atoms with E-state index in [9.17, 15) is 0 Å². The third-order valence-electron chi connectivity index (χ3n) is 2.33. The Bertz CT molecular complexity index is 496. The molecule has 1 aromatic heterocycles. The molecule has 0 amide bonds. The molecule has 1 aromatic carbocycles. The summed E-state index contributed by atoms with van der Waals surface area (Å²) < 4.78 is 16.1. The zero-order valence-corrected chi connectivity index (χ0v) is 10.5. The van der Waals surface area contributed by atoms with Crippen LogP contribution < -0.4 is 9.47 Å². The number of rotatable bonds is 6. The Morgan fingerprint density at radius 1 is 1.11 bits per heavy atom. The number of nitrogens with zero attached hydrogens (tertiary/aromatic N) is 2. The maximum absolute atomic E-state index is 5.61. The van der Waals surface area contributed by atoms with Crippen LogP contribution in [0, 0.1) is 0 Å². The summed E-state index contributed by atoms with van der Waals surface area (Å²) in [5.74, 6) is 2.55. The quantitative estimate of drug-likeness (QED) is 0.786. The summed E-state index contributed by atoms with van der Waals surface area (Å²) >= 11 is 0. The van der Waals surface area contributed by atoms with Crippen molar-refractivity contribution in [3.05, 3.63) is 36.0 Å². The number of aromatic nitrogens is 2. The second kappa shape index (κ2) is 6.05. The summed E-state index contributed by atoms with van der Waals surface area (Å²) in [4.78, 5) is 4.18. The normalized spacial score (nSPS) is 10.3. The fraction of sp³-hybridized carbons (Fsp3) is 0.385. The monoisotopic (exact) mass is 248 g/mol. The first kappa shape index (κ1) is 12.4. The number of benzene rings is 1. The van der Waals surface area contributed by atoms with Crippen molar-refractivity contribution in [3.63, 3.8) is 0 Å². The maximum atomic E-state index is 5.61. The molecule has 0 saturated heterocycles. The molecule has 5 nitrogen and oxygen atoms in total. The molecule has 0 fully saturated rings. The van der Waals surface area contributed by atoms with Crippen molar-refractivity contribution in [2.24, 2.45) is 0 Å². The molecule has 0 bridgehead atoms. The lowest BCUT2D eigenvalue weighted by molar-refractivity contribution is 0.228. The van der Waals surface area contributed by atoms with E-state index in [0.717, 1.165) is 12.2 Å². The highest BCUT2D eigenvalue weighted by Crippen LogP contribution is 2.26. The third-order valence-corrected chi connectivity index (χ3v) is 2.33. The number of para-hydroxylation sites is 2. The average molecular weight is 248 g/mol. The molecule has 2 rings (SSSR count). The predicted molar refractivity (Wildman–Crippen MR) is 65.6 cm³/mol. The predicted octanol–water partition coefficient (Wildman–Crippen LogP) is 2.61. The molecule has 0 atom stereocenters. The Labute approximate surface area is 106 Å². The van der Waals surface area contributed by atoms with Gasteiger partial charge in [0, 0.05) is 6.42 Å². The molecule has 5 heteroatoms. The minimum atomic E-state index is 0.247. The van der Waals surface area contributed by atoms with Gasteiger partial charge in [0.25, 0.3) is 5.89 Å². The van der Waals surface area contributed by atoms with Crippen molar-refractivity contribution >= 4 is 0 Å². The lowest BCUT2D eigenvalue weighted by Crippen LogP contribution is -1.99. The minimum Gasteiger partial charge on any atom is -0.490 e. The van der Waals surface area contributed by atoms with Gasteiger partial charge in [0.1, 0.15) is 0 Å². The van der Waals surface area contributed by atoms with E-state index in [1.807, 2.05) is 38.1 Å². The highest BCUT2D eigenvalue weighted by atomic mass is 16.5.